The maximum atomic E-state index is 12.3. The van der Waals surface area contributed by atoms with Crippen molar-refractivity contribution in [1.82, 2.24) is 25.2 Å². The molecule has 1 aliphatic carbocycles. The Kier molecular flexibility index (Phi) is 4.90. The van der Waals surface area contributed by atoms with Gasteiger partial charge in [0.05, 0.1) is 6.20 Å². The molecule has 162 valence electrons. The highest BCUT2D eigenvalue weighted by Crippen LogP contribution is 2.27. The fraction of sp³-hybridized carbons (Fsp3) is 0.190. The first kappa shape index (κ1) is 19.5. The van der Waals surface area contributed by atoms with Crippen LogP contribution in [0.25, 0.3) is 11.7 Å². The molecule has 0 atom stereocenters. The Bertz CT molecular complexity index is 1250. The number of amides is 4. The lowest BCUT2D eigenvalue weighted by Gasteiger charge is -2.11. The first-order valence-electron chi connectivity index (χ1n) is 10.0. The van der Waals surface area contributed by atoms with Crippen LogP contribution in [0.1, 0.15) is 24.0 Å². The minimum Gasteiger partial charge on any atom is -0.444 e. The Balaban J connectivity index is 1.42. The fourth-order valence-electron chi connectivity index (χ4n) is 3.19. The van der Waals surface area contributed by atoms with Gasteiger partial charge in [-0.1, -0.05) is 30.3 Å². The SMILES string of the molecule is O=C1NC(=O)/C(=C/c2cnn3c(NC4CC4)cc(NC(=O)OCc4ccccc4)nc23)N1. The largest absolute Gasteiger partial charge is 0.444 e. The fourth-order valence-corrected chi connectivity index (χ4v) is 3.19. The summed E-state index contributed by atoms with van der Waals surface area (Å²) in [5, 5.41) is 14.9. The highest BCUT2D eigenvalue weighted by atomic mass is 16.5. The van der Waals surface area contributed by atoms with Crippen LogP contribution in [0.2, 0.25) is 0 Å². The number of hydrogen-bond acceptors (Lipinski definition) is 7. The van der Waals surface area contributed by atoms with Crippen molar-refractivity contribution in [2.24, 2.45) is 0 Å². The second kappa shape index (κ2) is 8.02. The van der Waals surface area contributed by atoms with Crippen LogP contribution in [-0.2, 0) is 16.1 Å². The van der Waals surface area contributed by atoms with E-state index in [1.54, 1.807) is 10.6 Å². The summed E-state index contributed by atoms with van der Waals surface area (Å²) < 4.78 is 6.86. The molecule has 3 heterocycles. The van der Waals surface area contributed by atoms with E-state index in [1.807, 2.05) is 30.3 Å². The first-order chi connectivity index (χ1) is 15.5. The van der Waals surface area contributed by atoms with E-state index in [9.17, 15) is 14.4 Å². The highest BCUT2D eigenvalue weighted by molar-refractivity contribution is 6.14. The molecule has 2 fully saturated rings. The monoisotopic (exact) mass is 433 g/mol. The van der Waals surface area contributed by atoms with Gasteiger partial charge in [-0.3, -0.25) is 15.4 Å². The third kappa shape index (κ3) is 4.21. The van der Waals surface area contributed by atoms with Crippen LogP contribution in [0, 0.1) is 0 Å². The maximum absolute atomic E-state index is 12.3. The molecule has 0 bridgehead atoms. The standard InChI is InChI=1S/C21H19N7O4/c29-19-15(24-20(30)27-19)8-13-10-22-28-17(23-14-6-7-14)9-16(25-18(13)28)26-21(31)32-11-12-4-2-1-3-5-12/h1-5,8-10,14,23H,6-7,11H2,(H,25,26,31)(H2,24,27,29,30)/b15-8-. The number of imide groups is 1. The van der Waals surface area contributed by atoms with E-state index in [2.05, 4.69) is 31.3 Å². The third-order valence-electron chi connectivity index (χ3n) is 4.89. The summed E-state index contributed by atoms with van der Waals surface area (Å²) in [4.78, 5) is 40.0. The second-order valence-corrected chi connectivity index (χ2v) is 7.43. The zero-order chi connectivity index (χ0) is 22.1. The maximum Gasteiger partial charge on any atom is 0.413 e. The minimum atomic E-state index is -0.648. The molecule has 0 radical (unpaired) electrons. The first-order valence-corrected chi connectivity index (χ1v) is 10.0. The van der Waals surface area contributed by atoms with Crippen LogP contribution in [0.5, 0.6) is 0 Å². The molecule has 11 nitrogen and oxygen atoms in total. The number of ether oxygens (including phenoxy) is 1. The Hall–Kier alpha value is -4.41. The Morgan fingerprint density at radius 1 is 1.22 bits per heavy atom. The van der Waals surface area contributed by atoms with Crippen LogP contribution in [0.15, 0.2) is 48.3 Å². The topological polar surface area (TPSA) is 139 Å². The number of urea groups is 1. The number of anilines is 2. The van der Waals surface area contributed by atoms with Crippen molar-refractivity contribution in [3.8, 4) is 0 Å². The summed E-state index contributed by atoms with van der Waals surface area (Å²) in [7, 11) is 0. The zero-order valence-corrected chi connectivity index (χ0v) is 16.8. The summed E-state index contributed by atoms with van der Waals surface area (Å²) in [5.41, 5.74) is 1.85. The average molecular weight is 433 g/mol. The van der Waals surface area contributed by atoms with Gasteiger partial charge in [0.2, 0.25) is 0 Å². The molecule has 0 spiro atoms. The van der Waals surface area contributed by atoms with Crippen molar-refractivity contribution < 1.29 is 19.1 Å². The number of benzene rings is 1. The Morgan fingerprint density at radius 3 is 2.75 bits per heavy atom. The summed E-state index contributed by atoms with van der Waals surface area (Å²) >= 11 is 0. The zero-order valence-electron chi connectivity index (χ0n) is 16.8. The number of hydrogen-bond donors (Lipinski definition) is 4. The molecule has 4 N–H and O–H groups in total. The van der Waals surface area contributed by atoms with Gasteiger partial charge in [0, 0.05) is 17.7 Å². The van der Waals surface area contributed by atoms with Crippen molar-refractivity contribution in [2.75, 3.05) is 10.6 Å². The number of carbonyl (C=O) groups excluding carboxylic acids is 3. The molecule has 5 rings (SSSR count). The number of nitrogens with one attached hydrogen (secondary N) is 4. The van der Waals surface area contributed by atoms with Crippen LogP contribution in [0.3, 0.4) is 0 Å². The minimum absolute atomic E-state index is 0.0871. The number of rotatable bonds is 6. The third-order valence-corrected chi connectivity index (χ3v) is 4.89. The van der Waals surface area contributed by atoms with Crippen LogP contribution in [-0.4, -0.2) is 38.7 Å². The van der Waals surface area contributed by atoms with E-state index in [-0.39, 0.29) is 18.1 Å². The molecule has 32 heavy (non-hydrogen) atoms. The summed E-state index contributed by atoms with van der Waals surface area (Å²) in [6, 6.07) is 10.7. The van der Waals surface area contributed by atoms with Gasteiger partial charge >= 0.3 is 12.1 Å². The van der Waals surface area contributed by atoms with E-state index < -0.39 is 18.0 Å². The van der Waals surface area contributed by atoms with E-state index in [0.717, 1.165) is 18.4 Å². The number of fused-ring (bicyclic) bond motifs is 1. The molecule has 1 aromatic carbocycles. The van der Waals surface area contributed by atoms with Crippen LogP contribution >= 0.6 is 0 Å². The molecule has 4 amide bonds. The van der Waals surface area contributed by atoms with Crippen molar-refractivity contribution in [1.29, 1.82) is 0 Å². The van der Waals surface area contributed by atoms with E-state index in [0.29, 0.717) is 23.1 Å². The summed E-state index contributed by atoms with van der Waals surface area (Å²) in [6.07, 6.45) is 4.44. The summed E-state index contributed by atoms with van der Waals surface area (Å²) in [5.74, 6) is 0.364. The van der Waals surface area contributed by atoms with Crippen molar-refractivity contribution in [3.05, 3.63) is 59.4 Å². The van der Waals surface area contributed by atoms with Gasteiger partial charge < -0.3 is 15.4 Å². The van der Waals surface area contributed by atoms with Gasteiger partial charge in [0.15, 0.2) is 5.65 Å². The number of nitrogens with zero attached hydrogens (tertiary/aromatic N) is 3. The second-order valence-electron chi connectivity index (χ2n) is 7.43. The molecule has 1 saturated carbocycles. The smallest absolute Gasteiger partial charge is 0.413 e. The van der Waals surface area contributed by atoms with Gasteiger partial charge in [0.25, 0.3) is 5.91 Å². The molecule has 11 heteroatoms. The van der Waals surface area contributed by atoms with Gasteiger partial charge in [-0.2, -0.15) is 9.61 Å². The van der Waals surface area contributed by atoms with Crippen LogP contribution in [0.4, 0.5) is 21.2 Å². The lowest BCUT2D eigenvalue weighted by atomic mass is 10.2. The van der Waals surface area contributed by atoms with E-state index in [4.69, 9.17) is 4.74 Å². The molecule has 2 aliphatic rings. The lowest BCUT2D eigenvalue weighted by molar-refractivity contribution is -0.115. The van der Waals surface area contributed by atoms with Gasteiger partial charge in [-0.05, 0) is 24.5 Å². The van der Waals surface area contributed by atoms with Crippen molar-refractivity contribution >= 4 is 41.4 Å². The number of carbonyl (C=O) groups is 3. The Morgan fingerprint density at radius 2 is 2.03 bits per heavy atom. The van der Waals surface area contributed by atoms with Gasteiger partial charge in [-0.15, -0.1) is 0 Å². The normalized spacial score (nSPS) is 16.7. The molecular weight excluding hydrogens is 414 g/mol. The van der Waals surface area contributed by atoms with E-state index >= 15 is 0 Å². The summed E-state index contributed by atoms with van der Waals surface area (Å²) in [6.45, 7) is 0.126. The molecule has 1 saturated heterocycles. The van der Waals surface area contributed by atoms with E-state index in [1.165, 1.54) is 12.3 Å². The van der Waals surface area contributed by atoms with Gasteiger partial charge in [0.1, 0.15) is 23.9 Å². The Labute approximate surface area is 181 Å². The predicted octanol–water partition coefficient (Wildman–Crippen LogP) is 2.23. The molecule has 3 aromatic rings. The van der Waals surface area contributed by atoms with Crippen molar-refractivity contribution in [3.63, 3.8) is 0 Å². The average Bonchev–Trinajstić information content (AvgIpc) is 3.41. The molecule has 0 unspecified atom stereocenters. The highest BCUT2D eigenvalue weighted by Gasteiger charge is 2.25. The predicted molar refractivity (Wildman–Crippen MR) is 115 cm³/mol. The number of aromatic nitrogens is 3. The molecule has 2 aromatic heterocycles. The van der Waals surface area contributed by atoms with Gasteiger partial charge in [-0.25, -0.2) is 14.6 Å². The van der Waals surface area contributed by atoms with Crippen LogP contribution < -0.4 is 21.3 Å². The lowest BCUT2D eigenvalue weighted by Crippen LogP contribution is -2.22. The quantitative estimate of drug-likeness (QED) is 0.345. The van der Waals surface area contributed by atoms with Crippen molar-refractivity contribution in [2.45, 2.75) is 25.5 Å². The molecular formula is C21H19N7O4. The molecule has 1 aliphatic heterocycles.